The maximum atomic E-state index is 13.0. The monoisotopic (exact) mass is 373 g/mol. The molecule has 0 aliphatic carbocycles. The Morgan fingerprint density at radius 3 is 2.76 bits per heavy atom. The number of hydrogen-bond acceptors (Lipinski definition) is 3. The number of likely N-dealkylation sites (tertiary alicyclic amines) is 1. The summed E-state index contributed by atoms with van der Waals surface area (Å²) in [7, 11) is 0. The highest BCUT2D eigenvalue weighted by molar-refractivity contribution is 7.20. The molecule has 0 saturated carbocycles. The average Bonchev–Trinajstić information content (AvgIpc) is 3.17. The molecular formula is C19H20ClN3OS. The highest BCUT2D eigenvalue weighted by Crippen LogP contribution is 2.32. The fourth-order valence-electron chi connectivity index (χ4n) is 3.45. The number of aryl methyl sites for hydroxylation is 1. The van der Waals surface area contributed by atoms with Gasteiger partial charge in [-0.05, 0) is 63.4 Å². The molecule has 4 nitrogen and oxygen atoms in total. The van der Waals surface area contributed by atoms with Gasteiger partial charge in [-0.15, -0.1) is 11.3 Å². The van der Waals surface area contributed by atoms with Gasteiger partial charge in [0.05, 0.1) is 16.3 Å². The normalized spacial score (nSPS) is 18.0. The zero-order valence-corrected chi connectivity index (χ0v) is 15.9. The number of rotatable bonds is 2. The third-order valence-corrected chi connectivity index (χ3v) is 6.24. The first-order chi connectivity index (χ1) is 12.0. The molecule has 1 unspecified atom stereocenters. The Hall–Kier alpha value is -1.85. The van der Waals surface area contributed by atoms with Crippen molar-refractivity contribution < 1.29 is 4.79 Å². The third-order valence-electron chi connectivity index (χ3n) is 4.89. The molecule has 3 heterocycles. The minimum absolute atomic E-state index is 0.149. The van der Waals surface area contributed by atoms with Gasteiger partial charge in [0.25, 0.3) is 5.91 Å². The van der Waals surface area contributed by atoms with Crippen LogP contribution in [0.25, 0.3) is 15.9 Å². The second-order valence-electron chi connectivity index (χ2n) is 6.65. The standard InChI is InChI=1S/C19H20ClN3OS/c1-12-5-3-4-10-22(12)18(24)17-11-16-13(2)21-23(19(16)25-17)15-8-6-14(20)7-9-15/h6-9,11-12H,3-5,10H2,1-2H3. The van der Waals surface area contributed by atoms with Gasteiger partial charge in [-0.2, -0.15) is 5.10 Å². The van der Waals surface area contributed by atoms with E-state index >= 15 is 0 Å². The Kier molecular flexibility index (Phi) is 4.29. The summed E-state index contributed by atoms with van der Waals surface area (Å²) in [5.41, 5.74) is 1.89. The highest BCUT2D eigenvalue weighted by Gasteiger charge is 2.26. The topological polar surface area (TPSA) is 38.1 Å². The van der Waals surface area contributed by atoms with E-state index in [-0.39, 0.29) is 5.91 Å². The van der Waals surface area contributed by atoms with Gasteiger partial charge >= 0.3 is 0 Å². The Morgan fingerprint density at radius 1 is 1.28 bits per heavy atom. The number of carbonyl (C=O) groups is 1. The van der Waals surface area contributed by atoms with Crippen molar-refractivity contribution in [3.05, 3.63) is 45.9 Å². The van der Waals surface area contributed by atoms with Crippen LogP contribution in [0.1, 0.15) is 41.6 Å². The van der Waals surface area contributed by atoms with Crippen molar-refractivity contribution in [3.8, 4) is 5.69 Å². The maximum Gasteiger partial charge on any atom is 0.264 e. The lowest BCUT2D eigenvalue weighted by Crippen LogP contribution is -2.41. The van der Waals surface area contributed by atoms with Gasteiger partial charge in [0.15, 0.2) is 0 Å². The highest BCUT2D eigenvalue weighted by atomic mass is 35.5. The molecule has 2 aromatic heterocycles. The minimum Gasteiger partial charge on any atom is -0.335 e. The van der Waals surface area contributed by atoms with E-state index in [4.69, 9.17) is 11.6 Å². The number of halogens is 1. The van der Waals surface area contributed by atoms with Crippen molar-refractivity contribution in [3.63, 3.8) is 0 Å². The van der Waals surface area contributed by atoms with E-state index in [2.05, 4.69) is 12.0 Å². The molecule has 0 spiro atoms. The first kappa shape index (κ1) is 16.6. The van der Waals surface area contributed by atoms with Crippen molar-refractivity contribution in [2.45, 2.75) is 39.2 Å². The van der Waals surface area contributed by atoms with Gasteiger partial charge in [-0.1, -0.05) is 11.6 Å². The first-order valence-electron chi connectivity index (χ1n) is 8.60. The van der Waals surface area contributed by atoms with E-state index in [0.717, 1.165) is 45.9 Å². The van der Waals surface area contributed by atoms with E-state index < -0.39 is 0 Å². The Bertz CT molecular complexity index is 928. The summed E-state index contributed by atoms with van der Waals surface area (Å²) in [5.74, 6) is 0.149. The SMILES string of the molecule is Cc1nn(-c2ccc(Cl)cc2)c2sc(C(=O)N3CCCCC3C)cc12. The van der Waals surface area contributed by atoms with Gasteiger partial charge < -0.3 is 4.90 Å². The number of carbonyl (C=O) groups excluding carboxylic acids is 1. The molecule has 130 valence electrons. The molecule has 0 bridgehead atoms. The fraction of sp³-hybridized carbons (Fsp3) is 0.368. The molecule has 0 N–H and O–H groups in total. The van der Waals surface area contributed by atoms with E-state index in [1.807, 2.05) is 46.8 Å². The van der Waals surface area contributed by atoms with Crippen LogP contribution in [0.2, 0.25) is 5.02 Å². The van der Waals surface area contributed by atoms with Crippen molar-refractivity contribution in [1.82, 2.24) is 14.7 Å². The molecule has 1 fully saturated rings. The average molecular weight is 374 g/mol. The number of aromatic nitrogens is 2. The molecule has 1 aliphatic rings. The summed E-state index contributed by atoms with van der Waals surface area (Å²) in [4.78, 5) is 16.8. The number of piperidine rings is 1. The van der Waals surface area contributed by atoms with Gasteiger partial charge in [0.2, 0.25) is 0 Å². The molecule has 4 rings (SSSR count). The smallest absolute Gasteiger partial charge is 0.264 e. The van der Waals surface area contributed by atoms with Gasteiger partial charge in [-0.3, -0.25) is 4.79 Å². The van der Waals surface area contributed by atoms with Crippen molar-refractivity contribution in [1.29, 1.82) is 0 Å². The first-order valence-corrected chi connectivity index (χ1v) is 9.80. The second-order valence-corrected chi connectivity index (χ2v) is 8.11. The van der Waals surface area contributed by atoms with Crippen LogP contribution in [0.5, 0.6) is 0 Å². The van der Waals surface area contributed by atoms with Crippen molar-refractivity contribution in [2.75, 3.05) is 6.54 Å². The molecule has 1 atom stereocenters. The lowest BCUT2D eigenvalue weighted by molar-refractivity contribution is 0.0641. The summed E-state index contributed by atoms with van der Waals surface area (Å²) in [6.45, 7) is 4.99. The van der Waals surface area contributed by atoms with Crippen LogP contribution in [0.4, 0.5) is 0 Å². The maximum absolute atomic E-state index is 13.0. The minimum atomic E-state index is 0.149. The molecular weight excluding hydrogens is 354 g/mol. The van der Waals surface area contributed by atoms with Crippen LogP contribution in [0.3, 0.4) is 0 Å². The number of nitrogens with zero attached hydrogens (tertiary/aromatic N) is 3. The third kappa shape index (κ3) is 2.96. The van der Waals surface area contributed by atoms with E-state index in [1.54, 1.807) is 0 Å². The number of fused-ring (bicyclic) bond motifs is 1. The number of amides is 1. The van der Waals surface area contributed by atoms with Crippen LogP contribution in [0.15, 0.2) is 30.3 Å². The number of hydrogen-bond donors (Lipinski definition) is 0. The lowest BCUT2D eigenvalue weighted by Gasteiger charge is -2.33. The van der Waals surface area contributed by atoms with Gasteiger partial charge in [0.1, 0.15) is 4.83 Å². The number of thiophene rings is 1. The van der Waals surface area contributed by atoms with E-state index in [0.29, 0.717) is 11.1 Å². The van der Waals surface area contributed by atoms with Crippen LogP contribution >= 0.6 is 22.9 Å². The van der Waals surface area contributed by atoms with Crippen LogP contribution in [0, 0.1) is 6.92 Å². The second kappa shape index (κ2) is 6.46. The summed E-state index contributed by atoms with van der Waals surface area (Å²) >= 11 is 7.51. The summed E-state index contributed by atoms with van der Waals surface area (Å²) in [5, 5.41) is 6.38. The Labute approximate surface area is 156 Å². The fourth-order valence-corrected chi connectivity index (χ4v) is 4.72. The Morgan fingerprint density at radius 2 is 2.04 bits per heavy atom. The quantitative estimate of drug-likeness (QED) is 0.629. The van der Waals surface area contributed by atoms with Crippen LogP contribution in [-0.2, 0) is 0 Å². The van der Waals surface area contributed by atoms with Crippen molar-refractivity contribution >= 4 is 39.1 Å². The van der Waals surface area contributed by atoms with Gasteiger partial charge in [-0.25, -0.2) is 4.68 Å². The zero-order valence-electron chi connectivity index (χ0n) is 14.3. The van der Waals surface area contributed by atoms with E-state index in [1.165, 1.54) is 17.8 Å². The molecule has 1 aliphatic heterocycles. The molecule has 0 radical (unpaired) electrons. The van der Waals surface area contributed by atoms with Crippen LogP contribution < -0.4 is 0 Å². The summed E-state index contributed by atoms with van der Waals surface area (Å²) < 4.78 is 1.90. The van der Waals surface area contributed by atoms with Crippen LogP contribution in [-0.4, -0.2) is 33.2 Å². The molecule has 1 aromatic carbocycles. The molecule has 3 aromatic rings. The van der Waals surface area contributed by atoms with Crippen molar-refractivity contribution in [2.24, 2.45) is 0 Å². The molecule has 1 amide bonds. The van der Waals surface area contributed by atoms with Gasteiger partial charge in [0, 0.05) is 23.0 Å². The molecule has 1 saturated heterocycles. The largest absolute Gasteiger partial charge is 0.335 e. The lowest BCUT2D eigenvalue weighted by atomic mass is 10.0. The molecule has 6 heteroatoms. The number of benzene rings is 1. The zero-order chi connectivity index (χ0) is 17.6. The predicted molar refractivity (Wildman–Crippen MR) is 103 cm³/mol. The van der Waals surface area contributed by atoms with E-state index in [9.17, 15) is 4.79 Å². The summed E-state index contributed by atoms with van der Waals surface area (Å²) in [6.07, 6.45) is 3.40. The molecule has 25 heavy (non-hydrogen) atoms. The summed E-state index contributed by atoms with van der Waals surface area (Å²) in [6, 6.07) is 9.92. The predicted octanol–water partition coefficient (Wildman–Crippen LogP) is 5.06. The Balaban J connectivity index is 1.74.